The van der Waals surface area contributed by atoms with Crippen LogP contribution in [-0.2, 0) is 9.53 Å². The van der Waals surface area contributed by atoms with Crippen molar-refractivity contribution in [2.45, 2.75) is 84.5 Å². The van der Waals surface area contributed by atoms with Crippen LogP contribution in [0.3, 0.4) is 0 Å². The standard InChI is InChI=1S/C18H34O2/c1-4-17(2)15-13-11-9-7-5-6-8-10-12-14-16-18(19)20-3/h5-6,17H,4,7-16H2,1-3H3. The van der Waals surface area contributed by atoms with E-state index in [1.807, 2.05) is 0 Å². The molecule has 0 heterocycles. The van der Waals surface area contributed by atoms with Crippen LogP contribution in [0, 0.1) is 5.92 Å². The molecule has 118 valence electrons. The first-order chi connectivity index (χ1) is 9.70. The predicted molar refractivity (Wildman–Crippen MR) is 86.8 cm³/mol. The number of hydrogen-bond donors (Lipinski definition) is 0. The number of hydrogen-bond acceptors (Lipinski definition) is 2. The van der Waals surface area contributed by atoms with Gasteiger partial charge < -0.3 is 4.74 Å². The number of unbranched alkanes of at least 4 members (excludes halogenated alkanes) is 6. The molecule has 0 aliphatic carbocycles. The minimum absolute atomic E-state index is 0.0852. The van der Waals surface area contributed by atoms with Crippen molar-refractivity contribution in [3.05, 3.63) is 12.2 Å². The summed E-state index contributed by atoms with van der Waals surface area (Å²) < 4.78 is 4.61. The molecular formula is C18H34O2. The van der Waals surface area contributed by atoms with Gasteiger partial charge in [-0.2, -0.15) is 0 Å². The second-order valence-electron chi connectivity index (χ2n) is 5.80. The SMILES string of the molecule is CCC(C)CCCCCC=CCCCCCC(=O)OC. The van der Waals surface area contributed by atoms with Gasteiger partial charge in [0.15, 0.2) is 0 Å². The summed E-state index contributed by atoms with van der Waals surface area (Å²) >= 11 is 0. The van der Waals surface area contributed by atoms with Gasteiger partial charge in [-0.15, -0.1) is 0 Å². The largest absolute Gasteiger partial charge is 0.469 e. The lowest BCUT2D eigenvalue weighted by molar-refractivity contribution is -0.140. The van der Waals surface area contributed by atoms with Crippen LogP contribution < -0.4 is 0 Å². The van der Waals surface area contributed by atoms with E-state index in [2.05, 4.69) is 30.7 Å². The summed E-state index contributed by atoms with van der Waals surface area (Å²) in [6, 6.07) is 0. The van der Waals surface area contributed by atoms with Crippen LogP contribution in [0.15, 0.2) is 12.2 Å². The Labute approximate surface area is 126 Å². The van der Waals surface area contributed by atoms with Crippen molar-refractivity contribution in [3.63, 3.8) is 0 Å². The van der Waals surface area contributed by atoms with Crippen LogP contribution in [0.5, 0.6) is 0 Å². The summed E-state index contributed by atoms with van der Waals surface area (Å²) in [6.07, 6.45) is 17.6. The van der Waals surface area contributed by atoms with E-state index in [4.69, 9.17) is 0 Å². The highest BCUT2D eigenvalue weighted by Gasteiger charge is 1.98. The summed E-state index contributed by atoms with van der Waals surface area (Å²) in [5.74, 6) is 0.813. The predicted octanol–water partition coefficient (Wildman–Crippen LogP) is 5.66. The molecular weight excluding hydrogens is 248 g/mol. The van der Waals surface area contributed by atoms with E-state index in [-0.39, 0.29) is 5.97 Å². The third-order valence-electron chi connectivity index (χ3n) is 3.91. The second kappa shape index (κ2) is 14.6. The van der Waals surface area contributed by atoms with Gasteiger partial charge in [0.25, 0.3) is 0 Å². The second-order valence-corrected chi connectivity index (χ2v) is 5.80. The highest BCUT2D eigenvalue weighted by molar-refractivity contribution is 5.68. The molecule has 0 bridgehead atoms. The van der Waals surface area contributed by atoms with Gasteiger partial charge in [0, 0.05) is 6.42 Å². The summed E-state index contributed by atoms with van der Waals surface area (Å²) in [5, 5.41) is 0. The lowest BCUT2D eigenvalue weighted by atomic mass is 10.0. The molecule has 0 radical (unpaired) electrons. The van der Waals surface area contributed by atoms with Crippen LogP contribution in [0.25, 0.3) is 0 Å². The molecule has 0 saturated heterocycles. The molecule has 0 fully saturated rings. The molecule has 0 saturated carbocycles. The van der Waals surface area contributed by atoms with Crippen molar-refractivity contribution in [1.29, 1.82) is 0 Å². The smallest absolute Gasteiger partial charge is 0.305 e. The van der Waals surface area contributed by atoms with E-state index >= 15 is 0 Å². The zero-order valence-electron chi connectivity index (χ0n) is 13.8. The number of carbonyl (C=O) groups excluding carboxylic acids is 1. The monoisotopic (exact) mass is 282 g/mol. The zero-order valence-corrected chi connectivity index (χ0v) is 13.8. The summed E-state index contributed by atoms with van der Waals surface area (Å²) in [7, 11) is 1.45. The van der Waals surface area contributed by atoms with E-state index < -0.39 is 0 Å². The van der Waals surface area contributed by atoms with E-state index in [1.54, 1.807) is 0 Å². The fourth-order valence-electron chi connectivity index (χ4n) is 2.18. The first-order valence-electron chi connectivity index (χ1n) is 8.42. The van der Waals surface area contributed by atoms with E-state index in [0.717, 1.165) is 25.2 Å². The molecule has 0 aliphatic heterocycles. The van der Waals surface area contributed by atoms with E-state index in [1.165, 1.54) is 52.1 Å². The van der Waals surface area contributed by atoms with Gasteiger partial charge >= 0.3 is 5.97 Å². The highest BCUT2D eigenvalue weighted by Crippen LogP contribution is 2.13. The Morgan fingerprint density at radius 2 is 1.60 bits per heavy atom. The molecule has 0 aromatic rings. The van der Waals surface area contributed by atoms with Crippen LogP contribution >= 0.6 is 0 Å². The van der Waals surface area contributed by atoms with Crippen molar-refractivity contribution in [1.82, 2.24) is 0 Å². The summed E-state index contributed by atoms with van der Waals surface area (Å²) in [4.78, 5) is 10.9. The van der Waals surface area contributed by atoms with E-state index in [0.29, 0.717) is 6.42 Å². The van der Waals surface area contributed by atoms with Crippen molar-refractivity contribution in [2.24, 2.45) is 5.92 Å². The average Bonchev–Trinajstić information content (AvgIpc) is 2.47. The van der Waals surface area contributed by atoms with Crippen molar-refractivity contribution >= 4 is 5.97 Å². The van der Waals surface area contributed by atoms with E-state index in [9.17, 15) is 4.79 Å². The topological polar surface area (TPSA) is 26.3 Å². The Hall–Kier alpha value is -0.790. The third-order valence-corrected chi connectivity index (χ3v) is 3.91. The highest BCUT2D eigenvalue weighted by atomic mass is 16.5. The van der Waals surface area contributed by atoms with Crippen molar-refractivity contribution in [2.75, 3.05) is 7.11 Å². The fourth-order valence-corrected chi connectivity index (χ4v) is 2.18. The number of ether oxygens (including phenoxy) is 1. The van der Waals surface area contributed by atoms with Crippen LogP contribution in [0.2, 0.25) is 0 Å². The lowest BCUT2D eigenvalue weighted by Gasteiger charge is -2.06. The summed E-state index contributed by atoms with van der Waals surface area (Å²) in [5.41, 5.74) is 0. The molecule has 0 N–H and O–H groups in total. The number of esters is 1. The Balaban J connectivity index is 3.18. The van der Waals surface area contributed by atoms with Crippen LogP contribution in [0.1, 0.15) is 84.5 Å². The van der Waals surface area contributed by atoms with Crippen LogP contribution in [0.4, 0.5) is 0 Å². The Morgan fingerprint density at radius 3 is 2.15 bits per heavy atom. The average molecular weight is 282 g/mol. The summed E-state index contributed by atoms with van der Waals surface area (Å²) in [6.45, 7) is 4.62. The normalized spacial score (nSPS) is 12.8. The van der Waals surface area contributed by atoms with Crippen LogP contribution in [-0.4, -0.2) is 13.1 Å². The Kier molecular flexibility index (Phi) is 14.0. The molecule has 2 nitrogen and oxygen atoms in total. The molecule has 0 aliphatic rings. The number of methoxy groups -OCH3 is 1. The Morgan fingerprint density at radius 1 is 1.00 bits per heavy atom. The molecule has 0 aromatic carbocycles. The molecule has 20 heavy (non-hydrogen) atoms. The third kappa shape index (κ3) is 13.6. The molecule has 1 unspecified atom stereocenters. The molecule has 1 atom stereocenters. The maximum atomic E-state index is 10.9. The molecule has 2 heteroatoms. The number of rotatable bonds is 13. The molecule has 0 amide bonds. The zero-order chi connectivity index (χ0) is 15.1. The molecule has 0 spiro atoms. The van der Waals surface area contributed by atoms with Gasteiger partial charge in [0.1, 0.15) is 0 Å². The van der Waals surface area contributed by atoms with Gasteiger partial charge in [0.2, 0.25) is 0 Å². The number of allylic oxidation sites excluding steroid dienone is 2. The first-order valence-corrected chi connectivity index (χ1v) is 8.42. The maximum absolute atomic E-state index is 10.9. The minimum Gasteiger partial charge on any atom is -0.469 e. The van der Waals surface area contributed by atoms with Gasteiger partial charge in [-0.25, -0.2) is 0 Å². The van der Waals surface area contributed by atoms with Crippen molar-refractivity contribution in [3.8, 4) is 0 Å². The quantitative estimate of drug-likeness (QED) is 0.247. The fraction of sp³-hybridized carbons (Fsp3) is 0.833. The lowest BCUT2D eigenvalue weighted by Crippen LogP contribution is -1.98. The van der Waals surface area contributed by atoms with Crippen molar-refractivity contribution < 1.29 is 9.53 Å². The van der Waals surface area contributed by atoms with Gasteiger partial charge in [0.05, 0.1) is 7.11 Å². The minimum atomic E-state index is -0.0852. The van der Waals surface area contributed by atoms with Gasteiger partial charge in [-0.3, -0.25) is 4.79 Å². The van der Waals surface area contributed by atoms with Gasteiger partial charge in [-0.1, -0.05) is 58.1 Å². The van der Waals surface area contributed by atoms with Gasteiger partial charge in [-0.05, 0) is 38.0 Å². The first kappa shape index (κ1) is 19.2. The maximum Gasteiger partial charge on any atom is 0.305 e. The molecule has 0 aromatic heterocycles. The molecule has 0 rings (SSSR count). The number of carbonyl (C=O) groups is 1. The Bertz CT molecular complexity index is 246.